The van der Waals surface area contributed by atoms with Crippen molar-refractivity contribution in [3.8, 4) is 0 Å². The van der Waals surface area contributed by atoms with Gasteiger partial charge in [0.1, 0.15) is 12.1 Å². The number of fused-ring (bicyclic) bond motifs is 1. The number of amidine groups is 1. The molecule has 0 aliphatic carbocycles. The highest BCUT2D eigenvalue weighted by Gasteiger charge is 2.49. The molecule has 182 valence electrons. The van der Waals surface area contributed by atoms with Crippen molar-refractivity contribution < 1.29 is 22.7 Å². The molecule has 0 spiro atoms. The van der Waals surface area contributed by atoms with Gasteiger partial charge in [-0.25, -0.2) is 13.2 Å². The normalized spacial score (nSPS) is 22.8. The summed E-state index contributed by atoms with van der Waals surface area (Å²) < 4.78 is 29.6. The maximum absolute atomic E-state index is 12.5. The Morgan fingerprint density at radius 1 is 1.18 bits per heavy atom. The third-order valence-electron chi connectivity index (χ3n) is 5.33. The van der Waals surface area contributed by atoms with Crippen molar-refractivity contribution >= 4 is 50.1 Å². The van der Waals surface area contributed by atoms with Crippen LogP contribution >= 0.6 is 11.8 Å². The summed E-state index contributed by atoms with van der Waals surface area (Å²) in [6.45, 7) is 10.8. The highest BCUT2D eigenvalue weighted by atomic mass is 32.2. The van der Waals surface area contributed by atoms with Gasteiger partial charge in [-0.2, -0.15) is 4.99 Å². The summed E-state index contributed by atoms with van der Waals surface area (Å²) in [6, 6.07) is 7.56. The third kappa shape index (κ3) is 6.41. The molecular weight excluding hydrogens is 464 g/mol. The Morgan fingerprint density at radius 3 is 2.39 bits per heavy atom. The standard InChI is InChI=1S/C22H32N4O5S2/c1-6-25(7-2)15-8-10-16(11-9-15)26-17-13-33(29,30)14-18(17)32-20(26)24-19(27)12-23-21(28)31-22(3,4)5/h8-11,17-18H,6-7,12-14H2,1-5H3,(H,23,28)/t17-,18-/m0/s1. The van der Waals surface area contributed by atoms with Crippen LogP contribution in [-0.2, 0) is 19.4 Å². The largest absolute Gasteiger partial charge is 0.444 e. The molecule has 0 unspecified atom stereocenters. The van der Waals surface area contributed by atoms with Gasteiger partial charge in [-0.3, -0.25) is 4.79 Å². The van der Waals surface area contributed by atoms with Crippen LogP contribution in [0.25, 0.3) is 0 Å². The molecule has 2 fully saturated rings. The van der Waals surface area contributed by atoms with Crippen LogP contribution in [0.2, 0.25) is 0 Å². The van der Waals surface area contributed by atoms with Gasteiger partial charge in [0, 0.05) is 29.7 Å². The van der Waals surface area contributed by atoms with Gasteiger partial charge in [0.25, 0.3) is 5.91 Å². The number of rotatable bonds is 6. The molecule has 0 aromatic heterocycles. The number of thioether (sulfide) groups is 1. The zero-order valence-electron chi connectivity index (χ0n) is 19.7. The molecule has 9 nitrogen and oxygen atoms in total. The number of anilines is 2. The van der Waals surface area contributed by atoms with E-state index in [1.54, 1.807) is 20.8 Å². The van der Waals surface area contributed by atoms with Gasteiger partial charge in [0.05, 0.1) is 17.5 Å². The zero-order chi connectivity index (χ0) is 24.4. The fourth-order valence-electron chi connectivity index (χ4n) is 3.89. The Labute approximate surface area is 199 Å². The van der Waals surface area contributed by atoms with Crippen LogP contribution in [0.5, 0.6) is 0 Å². The summed E-state index contributed by atoms with van der Waals surface area (Å²) in [5, 5.41) is 2.68. The van der Waals surface area contributed by atoms with Crippen molar-refractivity contribution in [1.82, 2.24) is 5.32 Å². The van der Waals surface area contributed by atoms with Crippen molar-refractivity contribution in [2.45, 2.75) is 51.5 Å². The summed E-state index contributed by atoms with van der Waals surface area (Å²) in [5.41, 5.74) is 1.19. The van der Waals surface area contributed by atoms with Crippen molar-refractivity contribution in [1.29, 1.82) is 0 Å². The summed E-state index contributed by atoms with van der Waals surface area (Å²) in [7, 11) is -3.15. The molecule has 1 aromatic carbocycles. The van der Waals surface area contributed by atoms with Crippen molar-refractivity contribution in [3.63, 3.8) is 0 Å². The monoisotopic (exact) mass is 496 g/mol. The SMILES string of the molecule is CCN(CC)c1ccc(N2C(=NC(=O)CNC(=O)OC(C)(C)C)S[C@H]3CS(=O)(=O)C[C@@H]32)cc1. The number of benzene rings is 1. The molecule has 2 aliphatic rings. The van der Waals surface area contributed by atoms with E-state index in [4.69, 9.17) is 4.74 Å². The fraction of sp³-hybridized carbons (Fsp3) is 0.591. The van der Waals surface area contributed by atoms with Crippen LogP contribution < -0.4 is 15.1 Å². The number of amides is 2. The van der Waals surface area contributed by atoms with E-state index in [2.05, 4.69) is 29.1 Å². The molecule has 11 heteroatoms. The van der Waals surface area contributed by atoms with E-state index in [9.17, 15) is 18.0 Å². The number of carbonyl (C=O) groups excluding carboxylic acids is 2. The molecule has 0 bridgehead atoms. The van der Waals surface area contributed by atoms with Gasteiger partial charge >= 0.3 is 6.09 Å². The number of nitrogens with one attached hydrogen (secondary N) is 1. The quantitative estimate of drug-likeness (QED) is 0.640. The third-order valence-corrected chi connectivity index (χ3v) is 8.54. The van der Waals surface area contributed by atoms with Crippen LogP contribution in [0.1, 0.15) is 34.6 Å². The Morgan fingerprint density at radius 2 is 1.82 bits per heavy atom. The lowest BCUT2D eigenvalue weighted by Crippen LogP contribution is -2.38. The lowest BCUT2D eigenvalue weighted by Gasteiger charge is -2.26. The molecule has 0 radical (unpaired) electrons. The summed E-state index contributed by atoms with van der Waals surface area (Å²) in [6.07, 6.45) is -0.693. The van der Waals surface area contributed by atoms with Crippen LogP contribution in [0, 0.1) is 0 Å². The van der Waals surface area contributed by atoms with Crippen molar-refractivity contribution in [2.75, 3.05) is 40.9 Å². The molecule has 1 N–H and O–H groups in total. The van der Waals surface area contributed by atoms with Gasteiger partial charge in [0.15, 0.2) is 15.0 Å². The second-order valence-corrected chi connectivity index (χ2v) is 12.4. The van der Waals surface area contributed by atoms with Gasteiger partial charge in [-0.05, 0) is 58.9 Å². The Hall–Kier alpha value is -2.27. The minimum Gasteiger partial charge on any atom is -0.444 e. The zero-order valence-corrected chi connectivity index (χ0v) is 21.3. The molecule has 33 heavy (non-hydrogen) atoms. The van der Waals surface area contributed by atoms with Gasteiger partial charge in [-0.15, -0.1) is 0 Å². The minimum absolute atomic E-state index is 0.0197. The average molecular weight is 497 g/mol. The molecule has 2 aliphatic heterocycles. The molecular formula is C22H32N4O5S2. The highest BCUT2D eigenvalue weighted by Crippen LogP contribution is 2.41. The van der Waals surface area contributed by atoms with Crippen molar-refractivity contribution in [2.24, 2.45) is 4.99 Å². The Kier molecular flexibility index (Phi) is 7.62. The number of aliphatic imine (C=N–C) groups is 1. The molecule has 3 rings (SSSR count). The first-order valence-corrected chi connectivity index (χ1v) is 13.7. The van der Waals surface area contributed by atoms with E-state index in [0.29, 0.717) is 5.17 Å². The second kappa shape index (κ2) is 9.92. The minimum atomic E-state index is -3.15. The first kappa shape index (κ1) is 25.4. The second-order valence-electron chi connectivity index (χ2n) is 9.00. The van der Waals surface area contributed by atoms with E-state index in [0.717, 1.165) is 24.5 Å². The Bertz CT molecular complexity index is 1010. The molecule has 2 saturated heterocycles. The predicted molar refractivity (Wildman–Crippen MR) is 133 cm³/mol. The number of carbonyl (C=O) groups is 2. The molecule has 2 amide bonds. The summed E-state index contributed by atoms with van der Waals surface area (Å²) in [4.78, 5) is 32.6. The number of alkyl carbamates (subject to hydrolysis) is 1. The van der Waals surface area contributed by atoms with Crippen LogP contribution in [0.15, 0.2) is 29.3 Å². The first-order chi connectivity index (χ1) is 15.4. The number of hydrogen-bond donors (Lipinski definition) is 1. The van der Waals surface area contributed by atoms with Gasteiger partial charge in [0.2, 0.25) is 0 Å². The maximum Gasteiger partial charge on any atom is 0.408 e. The maximum atomic E-state index is 12.5. The summed E-state index contributed by atoms with van der Waals surface area (Å²) in [5.74, 6) is -0.457. The Balaban J connectivity index is 1.80. The van der Waals surface area contributed by atoms with Crippen molar-refractivity contribution in [3.05, 3.63) is 24.3 Å². The van der Waals surface area contributed by atoms with Gasteiger partial charge < -0.3 is 19.9 Å². The molecule has 1 aromatic rings. The van der Waals surface area contributed by atoms with E-state index in [1.165, 1.54) is 11.8 Å². The van der Waals surface area contributed by atoms with Gasteiger partial charge in [-0.1, -0.05) is 11.8 Å². The van der Waals surface area contributed by atoms with Crippen LogP contribution in [0.3, 0.4) is 0 Å². The van der Waals surface area contributed by atoms with E-state index in [1.807, 2.05) is 29.2 Å². The molecule has 2 atom stereocenters. The lowest BCUT2D eigenvalue weighted by atomic mass is 10.2. The molecule has 2 heterocycles. The average Bonchev–Trinajstić information content (AvgIpc) is 3.17. The van der Waals surface area contributed by atoms with E-state index >= 15 is 0 Å². The number of nitrogens with zero attached hydrogens (tertiary/aromatic N) is 3. The number of ether oxygens (including phenoxy) is 1. The first-order valence-electron chi connectivity index (χ1n) is 11.0. The number of hydrogen-bond acceptors (Lipinski definition) is 7. The smallest absolute Gasteiger partial charge is 0.408 e. The highest BCUT2D eigenvalue weighted by molar-refractivity contribution is 8.16. The van der Waals surface area contributed by atoms with E-state index < -0.39 is 27.4 Å². The topological polar surface area (TPSA) is 108 Å². The fourth-order valence-corrected chi connectivity index (χ4v) is 7.82. The lowest BCUT2D eigenvalue weighted by molar-refractivity contribution is -0.117. The summed E-state index contributed by atoms with van der Waals surface area (Å²) >= 11 is 1.30. The number of sulfone groups is 1. The van der Waals surface area contributed by atoms with E-state index in [-0.39, 0.29) is 29.3 Å². The van der Waals surface area contributed by atoms with Crippen LogP contribution in [0.4, 0.5) is 16.2 Å². The van der Waals surface area contributed by atoms with Crippen LogP contribution in [-0.4, -0.2) is 73.6 Å². The predicted octanol–water partition coefficient (Wildman–Crippen LogP) is 2.66. The molecule has 0 saturated carbocycles.